The largest absolute Gasteiger partial charge is 0.318 e. The molecule has 3 heterocycles. The molecule has 198 valence electrons. The molecule has 0 radical (unpaired) electrons. The van der Waals surface area contributed by atoms with E-state index in [1.807, 2.05) is 34.9 Å². The standard InChI is InChI=1S/C34H28ClN3OS/c1-20-12-15-25(16-13-20)37-21(2)18-24(22(37)3)19-30-33(39)38-32(27-10-6-7-11-29(27)35)28-17-14-23-8-4-5-9-26(23)31(28)36-34(38)40-30/h4-13,15-16,18-19,32H,14,17H2,1-3H3/b30-19+/t32-/m0/s1. The molecule has 0 fully saturated rings. The quantitative estimate of drug-likeness (QED) is 0.242. The highest BCUT2D eigenvalue weighted by molar-refractivity contribution is 7.07. The summed E-state index contributed by atoms with van der Waals surface area (Å²) in [4.78, 5) is 20.0. The summed E-state index contributed by atoms with van der Waals surface area (Å²) in [5.41, 5.74) is 11.1. The van der Waals surface area contributed by atoms with Crippen LogP contribution in [0, 0.1) is 20.8 Å². The van der Waals surface area contributed by atoms with Gasteiger partial charge >= 0.3 is 0 Å². The van der Waals surface area contributed by atoms with Crippen LogP contribution in [-0.4, -0.2) is 9.13 Å². The lowest BCUT2D eigenvalue weighted by atomic mass is 9.83. The number of thiazole rings is 1. The monoisotopic (exact) mass is 561 g/mol. The first-order valence-electron chi connectivity index (χ1n) is 13.5. The molecule has 5 aromatic rings. The zero-order valence-electron chi connectivity index (χ0n) is 22.6. The number of aromatic nitrogens is 2. The fourth-order valence-electron chi connectivity index (χ4n) is 6.16. The molecule has 0 bridgehead atoms. The molecule has 1 aliphatic heterocycles. The normalized spacial score (nSPS) is 16.4. The van der Waals surface area contributed by atoms with E-state index in [-0.39, 0.29) is 11.6 Å². The average molecular weight is 562 g/mol. The SMILES string of the molecule is Cc1ccc(-n2c(C)cc(/C=c3/sc4n(c3=O)[C@@H](c3ccccc3Cl)C3=C(N=4)c4ccccc4CC3)c2C)cc1. The Morgan fingerprint density at radius 3 is 2.50 bits per heavy atom. The van der Waals surface area contributed by atoms with Crippen molar-refractivity contribution >= 4 is 34.7 Å². The Bertz CT molecular complexity index is 2020. The minimum Gasteiger partial charge on any atom is -0.318 e. The molecule has 2 aromatic heterocycles. The Kier molecular flexibility index (Phi) is 6.02. The molecule has 1 atom stereocenters. The molecule has 4 nitrogen and oxygen atoms in total. The summed E-state index contributed by atoms with van der Waals surface area (Å²) in [5.74, 6) is 0. The van der Waals surface area contributed by atoms with Crippen LogP contribution >= 0.6 is 22.9 Å². The van der Waals surface area contributed by atoms with Gasteiger partial charge in [-0.15, -0.1) is 0 Å². The van der Waals surface area contributed by atoms with Crippen molar-refractivity contribution in [1.82, 2.24) is 9.13 Å². The summed E-state index contributed by atoms with van der Waals surface area (Å²) in [5, 5.41) is 0.663. The molecular weight excluding hydrogens is 534 g/mol. The summed E-state index contributed by atoms with van der Waals surface area (Å²) in [6, 6.07) is 26.7. The molecule has 1 aliphatic carbocycles. The van der Waals surface area contributed by atoms with Crippen molar-refractivity contribution < 1.29 is 0 Å². The van der Waals surface area contributed by atoms with Crippen LogP contribution in [-0.2, 0) is 6.42 Å². The van der Waals surface area contributed by atoms with E-state index < -0.39 is 0 Å². The fraction of sp³-hybridized carbons (Fsp3) is 0.176. The number of allylic oxidation sites excluding steroid dienone is 1. The van der Waals surface area contributed by atoms with E-state index in [4.69, 9.17) is 16.6 Å². The topological polar surface area (TPSA) is 39.3 Å². The van der Waals surface area contributed by atoms with Crippen LogP contribution in [0.2, 0.25) is 5.02 Å². The van der Waals surface area contributed by atoms with Gasteiger partial charge in [0, 0.05) is 27.7 Å². The first kappa shape index (κ1) is 25.1. The summed E-state index contributed by atoms with van der Waals surface area (Å²) in [6.45, 7) is 6.31. The van der Waals surface area contributed by atoms with Crippen LogP contribution < -0.4 is 14.9 Å². The summed E-state index contributed by atoms with van der Waals surface area (Å²) in [6.07, 6.45) is 3.78. The molecule has 2 aliphatic rings. The van der Waals surface area contributed by atoms with Crippen molar-refractivity contribution in [2.45, 2.75) is 39.7 Å². The van der Waals surface area contributed by atoms with Crippen molar-refractivity contribution in [1.29, 1.82) is 0 Å². The zero-order chi connectivity index (χ0) is 27.5. The Balaban J connectivity index is 1.45. The molecule has 0 saturated heterocycles. The van der Waals surface area contributed by atoms with E-state index in [2.05, 4.69) is 79.9 Å². The van der Waals surface area contributed by atoms with Gasteiger partial charge in [-0.25, -0.2) is 4.99 Å². The second-order valence-corrected chi connectivity index (χ2v) is 12.0. The van der Waals surface area contributed by atoms with Gasteiger partial charge in [-0.1, -0.05) is 83.1 Å². The fourth-order valence-corrected chi connectivity index (χ4v) is 7.39. The van der Waals surface area contributed by atoms with E-state index in [0.29, 0.717) is 14.4 Å². The highest BCUT2D eigenvalue weighted by atomic mass is 35.5. The lowest BCUT2D eigenvalue weighted by molar-refractivity contribution is 0.585. The second-order valence-electron chi connectivity index (χ2n) is 10.6. The minimum absolute atomic E-state index is 0.0285. The maximum Gasteiger partial charge on any atom is 0.271 e. The van der Waals surface area contributed by atoms with Gasteiger partial charge in [0.05, 0.1) is 16.3 Å². The average Bonchev–Trinajstić information content (AvgIpc) is 3.42. The number of benzene rings is 3. The predicted molar refractivity (Wildman–Crippen MR) is 164 cm³/mol. The second kappa shape index (κ2) is 9.61. The van der Waals surface area contributed by atoms with Gasteiger partial charge in [-0.05, 0) is 86.2 Å². The molecule has 0 N–H and O–H groups in total. The molecule has 0 saturated carbocycles. The van der Waals surface area contributed by atoms with Gasteiger partial charge in [0.1, 0.15) is 0 Å². The molecular formula is C34H28ClN3OS. The van der Waals surface area contributed by atoms with Crippen molar-refractivity contribution in [3.8, 4) is 5.69 Å². The van der Waals surface area contributed by atoms with Gasteiger partial charge in [0.2, 0.25) is 0 Å². The smallest absolute Gasteiger partial charge is 0.271 e. The third-order valence-corrected chi connectivity index (χ3v) is 9.45. The van der Waals surface area contributed by atoms with Gasteiger partial charge in [0.15, 0.2) is 4.80 Å². The minimum atomic E-state index is -0.282. The van der Waals surface area contributed by atoms with E-state index >= 15 is 0 Å². The molecule has 0 unspecified atom stereocenters. The van der Waals surface area contributed by atoms with E-state index in [0.717, 1.165) is 57.9 Å². The lowest BCUT2D eigenvalue weighted by Crippen LogP contribution is -2.38. The van der Waals surface area contributed by atoms with Crippen molar-refractivity contribution in [2.24, 2.45) is 4.99 Å². The van der Waals surface area contributed by atoms with E-state index in [1.165, 1.54) is 22.5 Å². The summed E-state index contributed by atoms with van der Waals surface area (Å²) in [7, 11) is 0. The van der Waals surface area contributed by atoms with Gasteiger partial charge < -0.3 is 4.57 Å². The zero-order valence-corrected chi connectivity index (χ0v) is 24.2. The number of fused-ring (bicyclic) bond motifs is 3. The van der Waals surface area contributed by atoms with Crippen molar-refractivity contribution in [3.63, 3.8) is 0 Å². The molecule has 0 amide bonds. The van der Waals surface area contributed by atoms with Crippen molar-refractivity contribution in [2.75, 3.05) is 0 Å². The number of rotatable bonds is 3. The first-order valence-corrected chi connectivity index (χ1v) is 14.7. The molecule has 40 heavy (non-hydrogen) atoms. The molecule has 0 spiro atoms. The molecule has 6 heteroatoms. The molecule has 3 aromatic carbocycles. The summed E-state index contributed by atoms with van der Waals surface area (Å²) >= 11 is 8.23. The number of aryl methyl sites for hydroxylation is 3. The van der Waals surface area contributed by atoms with Crippen LogP contribution in [0.1, 0.15) is 51.7 Å². The predicted octanol–water partition coefficient (Wildman–Crippen LogP) is 6.69. The van der Waals surface area contributed by atoms with E-state index in [1.54, 1.807) is 0 Å². The van der Waals surface area contributed by atoms with Gasteiger partial charge in [-0.2, -0.15) is 0 Å². The van der Waals surface area contributed by atoms with Crippen molar-refractivity contribution in [3.05, 3.63) is 148 Å². The highest BCUT2D eigenvalue weighted by Gasteiger charge is 2.33. The Labute approximate surface area is 241 Å². The van der Waals surface area contributed by atoms with Crippen LogP contribution in [0.15, 0.2) is 94.2 Å². The Morgan fingerprint density at radius 1 is 0.950 bits per heavy atom. The number of hydrogen-bond donors (Lipinski definition) is 0. The van der Waals surface area contributed by atoms with Crippen LogP contribution in [0.3, 0.4) is 0 Å². The number of hydrogen-bond acceptors (Lipinski definition) is 3. The lowest BCUT2D eigenvalue weighted by Gasteiger charge is -2.31. The Hall–Kier alpha value is -3.93. The maximum absolute atomic E-state index is 14.2. The van der Waals surface area contributed by atoms with Crippen LogP contribution in [0.25, 0.3) is 17.5 Å². The number of halogens is 1. The highest BCUT2D eigenvalue weighted by Crippen LogP contribution is 2.42. The maximum atomic E-state index is 14.2. The van der Waals surface area contributed by atoms with Gasteiger partial charge in [0.25, 0.3) is 5.56 Å². The first-order chi connectivity index (χ1) is 19.4. The van der Waals surface area contributed by atoms with Gasteiger partial charge in [-0.3, -0.25) is 9.36 Å². The van der Waals surface area contributed by atoms with Crippen LogP contribution in [0.4, 0.5) is 0 Å². The Morgan fingerprint density at radius 2 is 1.70 bits per heavy atom. The summed E-state index contributed by atoms with van der Waals surface area (Å²) < 4.78 is 4.78. The van der Waals surface area contributed by atoms with Crippen LogP contribution in [0.5, 0.6) is 0 Å². The third kappa shape index (κ3) is 3.95. The van der Waals surface area contributed by atoms with E-state index in [9.17, 15) is 4.79 Å². The number of nitrogens with zero attached hydrogens (tertiary/aromatic N) is 3. The third-order valence-electron chi connectivity index (χ3n) is 8.12. The molecule has 7 rings (SSSR count).